The van der Waals surface area contributed by atoms with E-state index in [1.54, 1.807) is 24.3 Å². The maximum Gasteiger partial charge on any atom is 0.244 e. The summed E-state index contributed by atoms with van der Waals surface area (Å²) in [6.45, 7) is -0.499. The lowest BCUT2D eigenvalue weighted by Gasteiger charge is -2.36. The normalized spacial score (nSPS) is 20.5. The predicted molar refractivity (Wildman–Crippen MR) is 138 cm³/mol. The molecule has 3 aromatic rings. The van der Waals surface area contributed by atoms with Crippen LogP contribution in [0.15, 0.2) is 48.7 Å². The third kappa shape index (κ3) is 7.20. The summed E-state index contributed by atoms with van der Waals surface area (Å²) < 4.78 is 53.1. The zero-order chi connectivity index (χ0) is 27.9. The first-order valence-electron chi connectivity index (χ1n) is 12.3. The summed E-state index contributed by atoms with van der Waals surface area (Å²) in [5.74, 6) is -2.13. The fourth-order valence-electron chi connectivity index (χ4n) is 4.35. The van der Waals surface area contributed by atoms with Crippen LogP contribution in [0, 0.1) is 17.5 Å². The molecular weight excluding hydrogens is 515 g/mol. The van der Waals surface area contributed by atoms with Crippen LogP contribution in [0.2, 0.25) is 0 Å². The van der Waals surface area contributed by atoms with Gasteiger partial charge >= 0.3 is 0 Å². The Kier molecular flexibility index (Phi) is 9.28. The minimum atomic E-state index is -1.09. The Bertz CT molecular complexity index is 1380. The van der Waals surface area contributed by atoms with Crippen LogP contribution in [-0.2, 0) is 9.53 Å². The molecule has 1 aliphatic rings. The minimum Gasteiger partial charge on any atom is -0.481 e. The smallest absolute Gasteiger partial charge is 0.244 e. The third-order valence-electron chi connectivity index (χ3n) is 6.34. The standard InChI is InChI=1S/C28H28F3N3O5/c1-38-27-11-9-24-28(34-27)20(22(31)14-32-24)6-4-19-5-8-23(25(39-19)13-18(36)15-35)33-26(37)10-2-16-12-17(29)3-7-21(16)30/h2-4,6-7,9-12,14,18-19,23,25,35-36H,5,8,13,15H2,1H3,(H,33,37)/b6-4+,10-2+/t18-,19+,23+,25+/m0/s1. The monoisotopic (exact) mass is 543 g/mol. The number of methoxy groups -OCH3 is 1. The van der Waals surface area contributed by atoms with E-state index in [2.05, 4.69) is 15.3 Å². The Morgan fingerprint density at radius 3 is 2.79 bits per heavy atom. The van der Waals surface area contributed by atoms with Crippen LogP contribution < -0.4 is 10.1 Å². The Hall–Kier alpha value is -3.80. The lowest BCUT2D eigenvalue weighted by Crippen LogP contribution is -2.50. The van der Waals surface area contributed by atoms with E-state index in [0.29, 0.717) is 29.8 Å². The minimum absolute atomic E-state index is 0.0271. The summed E-state index contributed by atoms with van der Waals surface area (Å²) in [7, 11) is 1.46. The highest BCUT2D eigenvalue weighted by molar-refractivity contribution is 5.92. The van der Waals surface area contributed by atoms with Gasteiger partial charge in [0.05, 0.1) is 49.8 Å². The van der Waals surface area contributed by atoms with Crippen molar-refractivity contribution in [3.05, 3.63) is 77.3 Å². The second-order valence-electron chi connectivity index (χ2n) is 9.08. The zero-order valence-corrected chi connectivity index (χ0v) is 21.1. The number of hydrogen-bond donors (Lipinski definition) is 3. The van der Waals surface area contributed by atoms with E-state index in [-0.39, 0.29) is 17.5 Å². The van der Waals surface area contributed by atoms with Gasteiger partial charge in [-0.15, -0.1) is 0 Å². The van der Waals surface area contributed by atoms with Gasteiger partial charge in [0.2, 0.25) is 11.8 Å². The highest BCUT2D eigenvalue weighted by atomic mass is 19.1. The molecule has 4 rings (SSSR count). The molecule has 0 spiro atoms. The second-order valence-corrected chi connectivity index (χ2v) is 9.08. The number of hydrogen-bond acceptors (Lipinski definition) is 7. The fraction of sp³-hybridized carbons (Fsp3) is 0.321. The van der Waals surface area contributed by atoms with Gasteiger partial charge in [-0.2, -0.15) is 0 Å². The summed E-state index contributed by atoms with van der Waals surface area (Å²) >= 11 is 0. The maximum atomic E-state index is 14.7. The van der Waals surface area contributed by atoms with Crippen molar-refractivity contribution in [3.63, 3.8) is 0 Å². The molecule has 1 fully saturated rings. The van der Waals surface area contributed by atoms with Gasteiger partial charge in [0, 0.05) is 29.7 Å². The first-order valence-corrected chi connectivity index (χ1v) is 12.3. The molecule has 4 atom stereocenters. The van der Waals surface area contributed by atoms with Crippen molar-refractivity contribution in [2.45, 2.75) is 43.6 Å². The topological polar surface area (TPSA) is 114 Å². The van der Waals surface area contributed by atoms with Gasteiger partial charge in [0.1, 0.15) is 17.2 Å². The Morgan fingerprint density at radius 2 is 2.03 bits per heavy atom. The van der Waals surface area contributed by atoms with Crippen molar-refractivity contribution < 1.29 is 37.7 Å². The van der Waals surface area contributed by atoms with E-state index in [1.807, 2.05) is 0 Å². The van der Waals surface area contributed by atoms with Crippen LogP contribution in [0.4, 0.5) is 13.2 Å². The fourth-order valence-corrected chi connectivity index (χ4v) is 4.35. The van der Waals surface area contributed by atoms with Crippen molar-refractivity contribution in [2.24, 2.45) is 0 Å². The number of aromatic nitrogens is 2. The van der Waals surface area contributed by atoms with Crippen LogP contribution in [0.1, 0.15) is 30.4 Å². The number of carbonyl (C=O) groups excluding carboxylic acids is 1. The number of aliphatic hydroxyl groups is 2. The summed E-state index contributed by atoms with van der Waals surface area (Å²) in [5.41, 5.74) is 0.935. The van der Waals surface area contributed by atoms with Crippen LogP contribution in [-0.4, -0.2) is 64.2 Å². The van der Waals surface area contributed by atoms with Crippen molar-refractivity contribution >= 4 is 29.1 Å². The van der Waals surface area contributed by atoms with Gasteiger partial charge in [-0.3, -0.25) is 9.78 Å². The largest absolute Gasteiger partial charge is 0.481 e. The molecule has 0 radical (unpaired) electrons. The third-order valence-corrected chi connectivity index (χ3v) is 6.34. The maximum absolute atomic E-state index is 14.7. The van der Waals surface area contributed by atoms with Gasteiger partial charge in [-0.25, -0.2) is 18.2 Å². The van der Waals surface area contributed by atoms with Gasteiger partial charge in [0.25, 0.3) is 0 Å². The van der Waals surface area contributed by atoms with Crippen molar-refractivity contribution in [3.8, 4) is 5.88 Å². The molecule has 0 saturated carbocycles. The zero-order valence-electron chi connectivity index (χ0n) is 21.1. The molecule has 39 heavy (non-hydrogen) atoms. The van der Waals surface area contributed by atoms with Crippen LogP contribution >= 0.6 is 0 Å². The SMILES string of the molecule is COc1ccc2ncc(F)c(/C=C/[C@@H]3CC[C@@H](NC(=O)/C=C/c4cc(F)ccc4F)[C@@H](C[C@H](O)CO)O3)c2n1. The van der Waals surface area contributed by atoms with Crippen LogP contribution in [0.3, 0.4) is 0 Å². The molecule has 11 heteroatoms. The first-order chi connectivity index (χ1) is 18.8. The molecule has 1 aliphatic heterocycles. The van der Waals surface area contributed by atoms with Gasteiger partial charge in [0.15, 0.2) is 5.82 Å². The van der Waals surface area contributed by atoms with Gasteiger partial charge in [-0.05, 0) is 43.2 Å². The first kappa shape index (κ1) is 28.2. The predicted octanol–water partition coefficient (Wildman–Crippen LogP) is 3.56. The summed E-state index contributed by atoms with van der Waals surface area (Å²) in [6.07, 6.45) is 5.23. The molecule has 0 bridgehead atoms. The average Bonchev–Trinajstić information content (AvgIpc) is 2.93. The molecule has 1 saturated heterocycles. The second kappa shape index (κ2) is 12.8. The summed E-state index contributed by atoms with van der Waals surface area (Å²) in [5, 5.41) is 22.1. The Balaban J connectivity index is 1.48. The van der Waals surface area contributed by atoms with E-state index < -0.39 is 54.3 Å². The number of carbonyl (C=O) groups is 1. The molecule has 0 aliphatic carbocycles. The highest BCUT2D eigenvalue weighted by Gasteiger charge is 2.32. The number of amides is 1. The van der Waals surface area contributed by atoms with Gasteiger partial charge < -0.3 is 25.0 Å². The highest BCUT2D eigenvalue weighted by Crippen LogP contribution is 2.27. The molecule has 3 N–H and O–H groups in total. The van der Waals surface area contributed by atoms with Crippen molar-refractivity contribution in [1.29, 1.82) is 0 Å². The molecule has 0 unspecified atom stereocenters. The quantitative estimate of drug-likeness (QED) is 0.354. The number of fused-ring (bicyclic) bond motifs is 1. The van der Waals surface area contributed by atoms with E-state index >= 15 is 0 Å². The summed E-state index contributed by atoms with van der Waals surface area (Å²) in [4.78, 5) is 20.9. The number of nitrogens with one attached hydrogen (secondary N) is 1. The van der Waals surface area contributed by atoms with Gasteiger partial charge in [-0.1, -0.05) is 12.2 Å². The lowest BCUT2D eigenvalue weighted by atomic mass is 9.94. The average molecular weight is 544 g/mol. The number of halogens is 3. The number of pyridine rings is 2. The molecule has 206 valence electrons. The lowest BCUT2D eigenvalue weighted by molar-refractivity contribution is -0.121. The Labute approximate surface area is 222 Å². The molecule has 3 heterocycles. The van der Waals surface area contributed by atoms with E-state index in [9.17, 15) is 28.2 Å². The number of nitrogens with zero attached hydrogens (tertiary/aromatic N) is 2. The van der Waals surface area contributed by atoms with Crippen LogP contribution in [0.5, 0.6) is 5.88 Å². The van der Waals surface area contributed by atoms with Crippen molar-refractivity contribution in [2.75, 3.05) is 13.7 Å². The number of benzene rings is 1. The number of ether oxygens (including phenoxy) is 2. The van der Waals surface area contributed by atoms with Crippen molar-refractivity contribution in [1.82, 2.24) is 15.3 Å². The van der Waals surface area contributed by atoms with E-state index in [0.717, 1.165) is 36.5 Å². The number of aliphatic hydroxyl groups excluding tert-OH is 2. The van der Waals surface area contributed by atoms with Crippen LogP contribution in [0.25, 0.3) is 23.2 Å². The number of rotatable bonds is 9. The molecule has 1 amide bonds. The van der Waals surface area contributed by atoms with E-state index in [4.69, 9.17) is 9.47 Å². The molecule has 1 aromatic carbocycles. The molecule has 2 aromatic heterocycles. The Morgan fingerprint density at radius 1 is 1.21 bits per heavy atom. The molecule has 8 nitrogen and oxygen atoms in total. The summed E-state index contributed by atoms with van der Waals surface area (Å²) in [6, 6.07) is 5.68. The molecular formula is C28H28F3N3O5. The van der Waals surface area contributed by atoms with E-state index in [1.165, 1.54) is 7.11 Å².